The molecule has 4 nitrogen and oxygen atoms in total. The van der Waals surface area contributed by atoms with Gasteiger partial charge in [-0.1, -0.05) is 0 Å². The number of rotatable bonds is 6. The van der Waals surface area contributed by atoms with E-state index < -0.39 is 0 Å². The average molecular weight is 225 g/mol. The van der Waals surface area contributed by atoms with Gasteiger partial charge in [0.1, 0.15) is 0 Å². The predicted molar refractivity (Wildman–Crippen MR) is 65.5 cm³/mol. The van der Waals surface area contributed by atoms with Gasteiger partial charge in [-0.2, -0.15) is 5.10 Å². The van der Waals surface area contributed by atoms with Crippen molar-refractivity contribution in [3.63, 3.8) is 0 Å². The van der Waals surface area contributed by atoms with Crippen LogP contribution in [0.5, 0.6) is 0 Å². The lowest BCUT2D eigenvalue weighted by molar-refractivity contribution is 0.0590. The van der Waals surface area contributed by atoms with Crippen molar-refractivity contribution in [2.24, 2.45) is 5.73 Å². The Morgan fingerprint density at radius 2 is 2.06 bits per heavy atom. The Morgan fingerprint density at radius 1 is 1.38 bits per heavy atom. The van der Waals surface area contributed by atoms with Gasteiger partial charge in [-0.15, -0.1) is 0 Å². The number of ether oxygens (including phenoxy) is 1. The van der Waals surface area contributed by atoms with E-state index in [2.05, 4.69) is 18.9 Å². The lowest BCUT2D eigenvalue weighted by atomic mass is 10.2. The molecule has 0 radical (unpaired) electrons. The van der Waals surface area contributed by atoms with Gasteiger partial charge in [-0.05, 0) is 39.7 Å². The quantitative estimate of drug-likeness (QED) is 0.799. The van der Waals surface area contributed by atoms with Gasteiger partial charge in [0, 0.05) is 25.4 Å². The van der Waals surface area contributed by atoms with E-state index in [1.807, 2.05) is 18.5 Å². The second-order valence-corrected chi connectivity index (χ2v) is 4.12. The largest absolute Gasteiger partial charge is 0.377 e. The van der Waals surface area contributed by atoms with E-state index in [4.69, 9.17) is 10.5 Å². The summed E-state index contributed by atoms with van der Waals surface area (Å²) in [7, 11) is 0. The van der Waals surface area contributed by atoms with Crippen molar-refractivity contribution in [1.82, 2.24) is 9.78 Å². The van der Waals surface area contributed by atoms with Crippen LogP contribution in [-0.4, -0.2) is 29.0 Å². The van der Waals surface area contributed by atoms with Gasteiger partial charge in [-0.25, -0.2) is 0 Å². The Kier molecular flexibility index (Phi) is 4.96. The van der Waals surface area contributed by atoms with E-state index in [9.17, 15) is 0 Å². The summed E-state index contributed by atoms with van der Waals surface area (Å²) in [5.74, 6) is 0. The van der Waals surface area contributed by atoms with E-state index >= 15 is 0 Å². The number of aromatic nitrogens is 2. The van der Waals surface area contributed by atoms with Crippen LogP contribution >= 0.6 is 0 Å². The first-order valence-electron chi connectivity index (χ1n) is 5.92. The molecule has 1 aromatic rings. The summed E-state index contributed by atoms with van der Waals surface area (Å²) in [6.07, 6.45) is 1.07. The molecular formula is C12H23N3O. The van der Waals surface area contributed by atoms with Crippen LogP contribution in [0.1, 0.15) is 30.3 Å². The molecule has 4 heteroatoms. The molecule has 0 amide bonds. The Balaban J connectivity index is 2.56. The van der Waals surface area contributed by atoms with Crippen molar-refractivity contribution in [1.29, 1.82) is 0 Å². The van der Waals surface area contributed by atoms with Crippen molar-refractivity contribution in [3.05, 3.63) is 17.0 Å². The van der Waals surface area contributed by atoms with E-state index in [0.717, 1.165) is 25.3 Å². The fraction of sp³-hybridized carbons (Fsp3) is 0.750. The number of hydrogen-bond donors (Lipinski definition) is 1. The number of hydrogen-bond acceptors (Lipinski definition) is 3. The van der Waals surface area contributed by atoms with Crippen molar-refractivity contribution < 1.29 is 4.74 Å². The Bertz CT molecular complexity index is 333. The molecule has 0 saturated heterocycles. The van der Waals surface area contributed by atoms with Crippen LogP contribution in [0.25, 0.3) is 0 Å². The Labute approximate surface area is 97.8 Å². The smallest absolute Gasteiger partial charge is 0.0714 e. The third-order valence-corrected chi connectivity index (χ3v) is 3.07. The van der Waals surface area contributed by atoms with Crippen molar-refractivity contribution in [2.75, 3.05) is 13.2 Å². The summed E-state index contributed by atoms with van der Waals surface area (Å²) in [6.45, 7) is 10.4. The molecule has 1 rings (SSSR count). The monoisotopic (exact) mass is 225 g/mol. The molecule has 1 unspecified atom stereocenters. The van der Waals surface area contributed by atoms with Crippen LogP contribution in [0, 0.1) is 20.8 Å². The minimum atomic E-state index is 0.147. The highest BCUT2D eigenvalue weighted by Gasteiger charge is 2.10. The fourth-order valence-electron chi connectivity index (χ4n) is 1.78. The summed E-state index contributed by atoms with van der Waals surface area (Å²) in [4.78, 5) is 0. The maximum Gasteiger partial charge on any atom is 0.0714 e. The predicted octanol–water partition coefficient (Wildman–Crippen LogP) is 1.56. The molecule has 16 heavy (non-hydrogen) atoms. The normalized spacial score (nSPS) is 13.1. The Morgan fingerprint density at radius 3 is 2.50 bits per heavy atom. The standard InChI is InChI=1S/C12H23N3O/c1-5-16-12(8-13)6-7-15-11(4)9(2)10(3)14-15/h12H,5-8,13H2,1-4H3. The third-order valence-electron chi connectivity index (χ3n) is 3.07. The molecule has 1 heterocycles. The SMILES string of the molecule is CCOC(CN)CCn1nc(C)c(C)c1C. The first-order valence-corrected chi connectivity index (χ1v) is 5.92. The lowest BCUT2D eigenvalue weighted by Crippen LogP contribution is -2.25. The zero-order valence-electron chi connectivity index (χ0n) is 10.8. The molecule has 0 fully saturated rings. The van der Waals surface area contributed by atoms with Crippen LogP contribution in [0.15, 0.2) is 0 Å². The van der Waals surface area contributed by atoms with Gasteiger partial charge in [0.25, 0.3) is 0 Å². The van der Waals surface area contributed by atoms with E-state index in [1.54, 1.807) is 0 Å². The van der Waals surface area contributed by atoms with Crippen LogP contribution in [0.3, 0.4) is 0 Å². The summed E-state index contributed by atoms with van der Waals surface area (Å²) in [5, 5.41) is 4.50. The molecule has 0 spiro atoms. The third kappa shape index (κ3) is 3.06. The van der Waals surface area contributed by atoms with Gasteiger partial charge in [0.2, 0.25) is 0 Å². The van der Waals surface area contributed by atoms with E-state index in [1.165, 1.54) is 11.3 Å². The Hall–Kier alpha value is -0.870. The molecular weight excluding hydrogens is 202 g/mol. The van der Waals surface area contributed by atoms with E-state index in [0.29, 0.717) is 6.54 Å². The number of nitrogens with two attached hydrogens (primary N) is 1. The molecule has 0 saturated carbocycles. The topological polar surface area (TPSA) is 53.1 Å². The van der Waals surface area contributed by atoms with Gasteiger partial charge >= 0.3 is 0 Å². The van der Waals surface area contributed by atoms with Crippen molar-refractivity contribution in [2.45, 2.75) is 46.8 Å². The second-order valence-electron chi connectivity index (χ2n) is 4.12. The van der Waals surface area contributed by atoms with Crippen LogP contribution < -0.4 is 5.73 Å². The van der Waals surface area contributed by atoms with Crippen molar-refractivity contribution >= 4 is 0 Å². The minimum absolute atomic E-state index is 0.147. The summed E-state index contributed by atoms with van der Waals surface area (Å²) >= 11 is 0. The molecule has 0 aliphatic heterocycles. The van der Waals surface area contributed by atoms with Gasteiger partial charge in [0.05, 0.1) is 11.8 Å². The molecule has 1 atom stereocenters. The molecule has 0 aromatic carbocycles. The fourth-order valence-corrected chi connectivity index (χ4v) is 1.78. The van der Waals surface area contributed by atoms with Gasteiger partial charge in [-0.3, -0.25) is 4.68 Å². The summed E-state index contributed by atoms with van der Waals surface area (Å²) in [6, 6.07) is 0. The first kappa shape index (κ1) is 13.2. The highest BCUT2D eigenvalue weighted by molar-refractivity contribution is 5.21. The van der Waals surface area contributed by atoms with E-state index in [-0.39, 0.29) is 6.10 Å². The molecule has 0 bridgehead atoms. The van der Waals surface area contributed by atoms with Gasteiger partial charge < -0.3 is 10.5 Å². The second kappa shape index (κ2) is 6.01. The maximum absolute atomic E-state index is 5.64. The molecule has 0 aliphatic carbocycles. The van der Waals surface area contributed by atoms with Crippen LogP contribution in [0.2, 0.25) is 0 Å². The maximum atomic E-state index is 5.64. The van der Waals surface area contributed by atoms with Crippen molar-refractivity contribution in [3.8, 4) is 0 Å². The summed E-state index contributed by atoms with van der Waals surface area (Å²) < 4.78 is 7.57. The van der Waals surface area contributed by atoms with Crippen LogP contribution in [0.4, 0.5) is 0 Å². The summed E-state index contributed by atoms with van der Waals surface area (Å²) in [5.41, 5.74) is 9.27. The zero-order valence-corrected chi connectivity index (χ0v) is 10.8. The van der Waals surface area contributed by atoms with Gasteiger partial charge in [0.15, 0.2) is 0 Å². The average Bonchev–Trinajstić information content (AvgIpc) is 2.52. The highest BCUT2D eigenvalue weighted by atomic mass is 16.5. The highest BCUT2D eigenvalue weighted by Crippen LogP contribution is 2.12. The zero-order chi connectivity index (χ0) is 12.1. The molecule has 92 valence electrons. The molecule has 1 aromatic heterocycles. The number of nitrogens with zero attached hydrogens (tertiary/aromatic N) is 2. The molecule has 2 N–H and O–H groups in total. The number of aryl methyl sites for hydroxylation is 2. The molecule has 0 aliphatic rings. The minimum Gasteiger partial charge on any atom is -0.377 e. The lowest BCUT2D eigenvalue weighted by Gasteiger charge is -2.15. The van der Waals surface area contributed by atoms with Crippen LogP contribution in [-0.2, 0) is 11.3 Å². The first-order chi connectivity index (χ1) is 7.60.